The summed E-state index contributed by atoms with van der Waals surface area (Å²) in [5, 5.41) is 3.27. The first-order valence-corrected chi connectivity index (χ1v) is 6.64. The third-order valence-corrected chi connectivity index (χ3v) is 2.72. The molecule has 106 valence electrons. The van der Waals surface area contributed by atoms with Crippen LogP contribution in [0.5, 0.6) is 5.75 Å². The van der Waals surface area contributed by atoms with E-state index in [1.165, 1.54) is 0 Å². The molecule has 20 heavy (non-hydrogen) atoms. The Morgan fingerprint density at radius 3 is 2.80 bits per heavy atom. The van der Waals surface area contributed by atoms with Gasteiger partial charge in [-0.15, -0.1) is 0 Å². The lowest BCUT2D eigenvalue weighted by Gasteiger charge is -2.15. The van der Waals surface area contributed by atoms with Crippen LogP contribution >= 0.6 is 0 Å². The van der Waals surface area contributed by atoms with Crippen LogP contribution in [0.2, 0.25) is 0 Å². The second kappa shape index (κ2) is 6.23. The van der Waals surface area contributed by atoms with Gasteiger partial charge in [0.05, 0.1) is 29.7 Å². The van der Waals surface area contributed by atoms with Crippen LogP contribution in [0, 0.1) is 6.92 Å². The normalized spacial score (nSPS) is 10.6. The molecule has 0 unspecified atom stereocenters. The van der Waals surface area contributed by atoms with E-state index in [0.717, 1.165) is 17.2 Å². The highest BCUT2D eigenvalue weighted by molar-refractivity contribution is 5.72. The van der Waals surface area contributed by atoms with Crippen molar-refractivity contribution in [2.75, 3.05) is 11.1 Å². The van der Waals surface area contributed by atoms with Gasteiger partial charge < -0.3 is 15.8 Å². The third-order valence-electron chi connectivity index (χ3n) is 2.72. The number of nitrogens with zero attached hydrogens (tertiary/aromatic N) is 2. The van der Waals surface area contributed by atoms with Crippen LogP contribution in [0.3, 0.4) is 0 Å². The van der Waals surface area contributed by atoms with E-state index < -0.39 is 0 Å². The Labute approximate surface area is 119 Å². The number of anilines is 2. The quantitative estimate of drug-likeness (QED) is 0.819. The number of hydrogen-bond acceptors (Lipinski definition) is 5. The number of nitrogen functional groups attached to an aromatic ring is 1. The second-order valence-electron chi connectivity index (χ2n) is 4.83. The average molecular weight is 272 g/mol. The third kappa shape index (κ3) is 3.60. The molecule has 0 amide bonds. The maximum Gasteiger partial charge on any atom is 0.144 e. The van der Waals surface area contributed by atoms with Crippen LogP contribution in [-0.4, -0.2) is 16.1 Å². The Balaban J connectivity index is 2.10. The predicted molar refractivity (Wildman–Crippen MR) is 80.7 cm³/mol. The Morgan fingerprint density at radius 2 is 2.10 bits per heavy atom. The summed E-state index contributed by atoms with van der Waals surface area (Å²) in [5.41, 5.74) is 8.49. The van der Waals surface area contributed by atoms with E-state index in [1.807, 2.05) is 45.0 Å². The zero-order chi connectivity index (χ0) is 14.5. The molecule has 0 bridgehead atoms. The van der Waals surface area contributed by atoms with E-state index in [4.69, 9.17) is 10.5 Å². The first-order chi connectivity index (χ1) is 9.56. The summed E-state index contributed by atoms with van der Waals surface area (Å²) in [6, 6.07) is 7.60. The molecule has 0 aliphatic rings. The molecular weight excluding hydrogens is 252 g/mol. The van der Waals surface area contributed by atoms with Gasteiger partial charge >= 0.3 is 0 Å². The van der Waals surface area contributed by atoms with E-state index >= 15 is 0 Å². The molecule has 0 saturated carbocycles. The van der Waals surface area contributed by atoms with Crippen molar-refractivity contribution < 1.29 is 4.74 Å². The van der Waals surface area contributed by atoms with E-state index in [-0.39, 0.29) is 6.10 Å². The van der Waals surface area contributed by atoms with Crippen molar-refractivity contribution in [1.29, 1.82) is 0 Å². The summed E-state index contributed by atoms with van der Waals surface area (Å²) in [7, 11) is 0. The van der Waals surface area contributed by atoms with Gasteiger partial charge in [0.2, 0.25) is 0 Å². The number of benzene rings is 1. The zero-order valence-corrected chi connectivity index (χ0v) is 12.1. The lowest BCUT2D eigenvalue weighted by molar-refractivity contribution is 0.244. The number of nitrogens with two attached hydrogens (primary N) is 1. The molecule has 0 aliphatic carbocycles. The van der Waals surface area contributed by atoms with Crippen molar-refractivity contribution in [3.8, 4) is 5.75 Å². The second-order valence-corrected chi connectivity index (χ2v) is 4.83. The Morgan fingerprint density at radius 1 is 1.30 bits per heavy atom. The molecule has 2 aromatic rings. The maximum absolute atomic E-state index is 6.11. The Hall–Kier alpha value is -2.30. The lowest BCUT2D eigenvalue weighted by Crippen LogP contribution is -2.10. The molecular formula is C15H20N4O. The molecule has 3 N–H and O–H groups in total. The van der Waals surface area contributed by atoms with Crippen LogP contribution in [0.4, 0.5) is 11.4 Å². The topological polar surface area (TPSA) is 73.1 Å². The van der Waals surface area contributed by atoms with Crippen LogP contribution in [0.15, 0.2) is 30.5 Å². The van der Waals surface area contributed by atoms with Crippen molar-refractivity contribution in [3.05, 3.63) is 42.0 Å². The average Bonchev–Trinajstić information content (AvgIpc) is 2.39. The minimum atomic E-state index is 0.0945. The molecule has 0 fully saturated rings. The van der Waals surface area contributed by atoms with E-state index in [9.17, 15) is 0 Å². The van der Waals surface area contributed by atoms with Gasteiger partial charge in [-0.3, -0.25) is 0 Å². The Bertz CT molecular complexity index is 584. The molecule has 1 aromatic carbocycles. The molecule has 0 radical (unpaired) electrons. The van der Waals surface area contributed by atoms with Crippen molar-refractivity contribution in [1.82, 2.24) is 9.97 Å². The van der Waals surface area contributed by atoms with Crippen molar-refractivity contribution in [2.24, 2.45) is 0 Å². The highest BCUT2D eigenvalue weighted by Gasteiger charge is 2.07. The fraction of sp³-hybridized carbons (Fsp3) is 0.333. The fourth-order valence-electron chi connectivity index (χ4n) is 1.84. The SMILES string of the molecule is Cc1nccc(CNc2cccc(OC(C)C)c2N)n1. The van der Waals surface area contributed by atoms with Crippen molar-refractivity contribution >= 4 is 11.4 Å². The molecule has 0 aliphatic heterocycles. The van der Waals surface area contributed by atoms with Crippen molar-refractivity contribution in [3.63, 3.8) is 0 Å². The maximum atomic E-state index is 6.11. The zero-order valence-electron chi connectivity index (χ0n) is 12.1. The molecule has 1 aromatic heterocycles. The van der Waals surface area contributed by atoms with Gasteiger partial charge in [0.25, 0.3) is 0 Å². The van der Waals surface area contributed by atoms with Gasteiger partial charge in [-0.1, -0.05) is 6.07 Å². The molecule has 1 heterocycles. The number of nitrogens with one attached hydrogen (secondary N) is 1. The first-order valence-electron chi connectivity index (χ1n) is 6.64. The van der Waals surface area contributed by atoms with Crippen molar-refractivity contribution in [2.45, 2.75) is 33.4 Å². The highest BCUT2D eigenvalue weighted by atomic mass is 16.5. The van der Waals surface area contributed by atoms with Gasteiger partial charge in [-0.25, -0.2) is 9.97 Å². The van der Waals surface area contributed by atoms with Gasteiger partial charge in [0, 0.05) is 6.20 Å². The van der Waals surface area contributed by atoms with E-state index in [1.54, 1.807) is 6.20 Å². The number of aryl methyl sites for hydroxylation is 1. The lowest BCUT2D eigenvalue weighted by atomic mass is 10.2. The van der Waals surface area contributed by atoms with Crippen LogP contribution in [0.25, 0.3) is 0 Å². The summed E-state index contributed by atoms with van der Waals surface area (Å²) in [6.45, 7) is 6.42. The minimum Gasteiger partial charge on any atom is -0.489 e. The van der Waals surface area contributed by atoms with Crippen LogP contribution in [-0.2, 0) is 6.54 Å². The molecule has 0 spiro atoms. The Kier molecular flexibility index (Phi) is 4.40. The summed E-state index contributed by atoms with van der Waals surface area (Å²) in [6.07, 6.45) is 1.85. The first kappa shape index (κ1) is 14.1. The summed E-state index contributed by atoms with van der Waals surface area (Å²) in [5.74, 6) is 1.46. The standard InChI is InChI=1S/C15H20N4O/c1-10(2)20-14-6-4-5-13(15(14)16)18-9-12-7-8-17-11(3)19-12/h4-8,10,18H,9,16H2,1-3H3. The van der Waals surface area contributed by atoms with Gasteiger partial charge in [0.15, 0.2) is 0 Å². The number of rotatable bonds is 5. The van der Waals surface area contributed by atoms with Crippen LogP contribution < -0.4 is 15.8 Å². The minimum absolute atomic E-state index is 0.0945. The van der Waals surface area contributed by atoms with Gasteiger partial charge in [0.1, 0.15) is 11.6 Å². The predicted octanol–water partition coefficient (Wildman–Crippen LogP) is 2.77. The fourth-order valence-corrected chi connectivity index (χ4v) is 1.84. The largest absolute Gasteiger partial charge is 0.489 e. The monoisotopic (exact) mass is 272 g/mol. The number of aromatic nitrogens is 2. The number of ether oxygens (including phenoxy) is 1. The number of para-hydroxylation sites is 1. The van der Waals surface area contributed by atoms with E-state index in [2.05, 4.69) is 15.3 Å². The molecule has 0 atom stereocenters. The summed E-state index contributed by atoms with van der Waals surface area (Å²) < 4.78 is 5.67. The molecule has 5 heteroatoms. The van der Waals surface area contributed by atoms with Gasteiger partial charge in [-0.05, 0) is 39.0 Å². The smallest absolute Gasteiger partial charge is 0.144 e. The molecule has 0 saturated heterocycles. The number of hydrogen-bond donors (Lipinski definition) is 2. The highest BCUT2D eigenvalue weighted by Crippen LogP contribution is 2.30. The van der Waals surface area contributed by atoms with E-state index in [0.29, 0.717) is 18.0 Å². The molecule has 5 nitrogen and oxygen atoms in total. The molecule has 2 rings (SSSR count). The van der Waals surface area contributed by atoms with Gasteiger partial charge in [-0.2, -0.15) is 0 Å². The summed E-state index contributed by atoms with van der Waals surface area (Å²) in [4.78, 5) is 8.42. The summed E-state index contributed by atoms with van der Waals surface area (Å²) >= 11 is 0. The van der Waals surface area contributed by atoms with Crippen LogP contribution in [0.1, 0.15) is 25.4 Å².